The Morgan fingerprint density at radius 3 is 2.50 bits per heavy atom. The second-order valence-corrected chi connectivity index (χ2v) is 10.9. The Morgan fingerprint density at radius 2 is 1.84 bits per heavy atom. The average molecular weight is 456 g/mol. The van der Waals surface area contributed by atoms with Gasteiger partial charge in [-0.3, -0.25) is 8.99 Å². The lowest BCUT2D eigenvalue weighted by molar-refractivity contribution is 0.0602. The van der Waals surface area contributed by atoms with Crippen molar-refractivity contribution in [3.05, 3.63) is 54.2 Å². The summed E-state index contributed by atoms with van der Waals surface area (Å²) >= 11 is 0. The van der Waals surface area contributed by atoms with E-state index >= 15 is 0 Å². The van der Waals surface area contributed by atoms with Crippen molar-refractivity contribution in [2.24, 2.45) is 11.8 Å². The normalized spacial score (nSPS) is 15.5. The van der Waals surface area contributed by atoms with Gasteiger partial charge in [0.05, 0.1) is 16.1 Å². The monoisotopic (exact) mass is 455 g/mol. The van der Waals surface area contributed by atoms with Crippen LogP contribution in [-0.4, -0.2) is 38.0 Å². The Labute approximate surface area is 191 Å². The zero-order valence-electron chi connectivity index (χ0n) is 19.2. The second kappa shape index (κ2) is 9.63. The van der Waals surface area contributed by atoms with Crippen molar-refractivity contribution >= 4 is 26.6 Å². The maximum atomic E-state index is 13.7. The Morgan fingerprint density at radius 1 is 1.12 bits per heavy atom. The molecule has 0 unspecified atom stereocenters. The molecule has 2 aromatic carbocycles. The smallest absolute Gasteiger partial charge is 0.264 e. The fourth-order valence-electron chi connectivity index (χ4n) is 4.20. The lowest BCUT2D eigenvalue weighted by Gasteiger charge is -2.26. The van der Waals surface area contributed by atoms with Crippen molar-refractivity contribution in [3.63, 3.8) is 0 Å². The number of ether oxygens (including phenoxy) is 1. The van der Waals surface area contributed by atoms with Gasteiger partial charge >= 0.3 is 0 Å². The number of anilines is 1. The maximum absolute atomic E-state index is 13.7. The quantitative estimate of drug-likeness (QED) is 0.486. The van der Waals surface area contributed by atoms with E-state index in [4.69, 9.17) is 4.74 Å². The summed E-state index contributed by atoms with van der Waals surface area (Å²) in [5.41, 5.74) is 2.71. The zero-order valence-corrected chi connectivity index (χ0v) is 20.0. The first kappa shape index (κ1) is 22.8. The summed E-state index contributed by atoms with van der Waals surface area (Å²) in [6.07, 6.45) is 4.96. The molecule has 1 aliphatic rings. The molecule has 172 valence electrons. The Hall–Kier alpha value is -2.38. The number of rotatable bonds is 8. The van der Waals surface area contributed by atoms with E-state index in [0.717, 1.165) is 49.9 Å². The van der Waals surface area contributed by atoms with Gasteiger partial charge in [0, 0.05) is 37.9 Å². The van der Waals surface area contributed by atoms with Gasteiger partial charge in [-0.25, -0.2) is 8.42 Å². The van der Waals surface area contributed by atoms with Crippen LogP contribution in [0, 0.1) is 11.8 Å². The number of benzene rings is 2. The van der Waals surface area contributed by atoms with Gasteiger partial charge in [0.15, 0.2) is 0 Å². The van der Waals surface area contributed by atoms with Gasteiger partial charge in [0.1, 0.15) is 0 Å². The predicted octanol–water partition coefficient (Wildman–Crippen LogP) is 4.88. The lowest BCUT2D eigenvalue weighted by Crippen LogP contribution is -2.34. The van der Waals surface area contributed by atoms with Crippen LogP contribution < -0.4 is 4.31 Å². The van der Waals surface area contributed by atoms with Gasteiger partial charge in [-0.1, -0.05) is 32.9 Å². The number of aryl methyl sites for hydroxylation is 1. The molecule has 0 N–H and O–H groups in total. The highest BCUT2D eigenvalue weighted by Gasteiger charge is 2.26. The molecule has 6 nitrogen and oxygen atoms in total. The van der Waals surface area contributed by atoms with Gasteiger partial charge in [-0.15, -0.1) is 0 Å². The standard InChI is InChI=1S/C25H33N3O3S/c1-4-20-5-7-23(8-6-20)28(16-19(2)3)32(29,30)24-9-10-25-22(15-24)18-27(26-25)17-21-11-13-31-14-12-21/h5-10,15,18-19,21H,4,11-14,16-17H2,1-3H3. The largest absolute Gasteiger partial charge is 0.381 e. The molecule has 1 saturated heterocycles. The summed E-state index contributed by atoms with van der Waals surface area (Å²) < 4.78 is 36.3. The highest BCUT2D eigenvalue weighted by atomic mass is 32.2. The lowest BCUT2D eigenvalue weighted by atomic mass is 10.0. The Balaban J connectivity index is 1.64. The van der Waals surface area contributed by atoms with E-state index in [-0.39, 0.29) is 5.92 Å². The minimum Gasteiger partial charge on any atom is -0.381 e. The van der Waals surface area contributed by atoms with E-state index < -0.39 is 10.0 Å². The molecule has 0 aliphatic carbocycles. The van der Waals surface area contributed by atoms with Crippen LogP contribution in [0.25, 0.3) is 10.9 Å². The number of hydrogen-bond acceptors (Lipinski definition) is 4. The van der Waals surface area contributed by atoms with E-state index in [0.29, 0.717) is 23.0 Å². The van der Waals surface area contributed by atoms with Crippen LogP contribution in [0.1, 0.15) is 39.2 Å². The number of fused-ring (bicyclic) bond motifs is 1. The number of aromatic nitrogens is 2. The molecule has 4 rings (SSSR count). The van der Waals surface area contributed by atoms with Crippen LogP contribution in [-0.2, 0) is 27.7 Å². The van der Waals surface area contributed by atoms with Gasteiger partial charge < -0.3 is 4.74 Å². The molecule has 0 radical (unpaired) electrons. The molecular weight excluding hydrogens is 422 g/mol. The van der Waals surface area contributed by atoms with E-state index in [9.17, 15) is 8.42 Å². The number of nitrogens with zero attached hydrogens (tertiary/aromatic N) is 3. The molecule has 0 amide bonds. The van der Waals surface area contributed by atoms with Crippen molar-refractivity contribution in [2.45, 2.75) is 51.5 Å². The van der Waals surface area contributed by atoms with Crippen molar-refractivity contribution < 1.29 is 13.2 Å². The van der Waals surface area contributed by atoms with Gasteiger partial charge in [0.2, 0.25) is 0 Å². The predicted molar refractivity (Wildman–Crippen MR) is 128 cm³/mol. The van der Waals surface area contributed by atoms with Crippen LogP contribution in [0.5, 0.6) is 0 Å². The van der Waals surface area contributed by atoms with E-state index in [2.05, 4.69) is 12.0 Å². The van der Waals surface area contributed by atoms with Crippen LogP contribution in [0.3, 0.4) is 0 Å². The summed E-state index contributed by atoms with van der Waals surface area (Å²) in [4.78, 5) is 0.302. The summed E-state index contributed by atoms with van der Waals surface area (Å²) in [7, 11) is -3.70. The van der Waals surface area contributed by atoms with Gasteiger partial charge in [-0.2, -0.15) is 5.10 Å². The zero-order chi connectivity index (χ0) is 22.7. The molecule has 0 saturated carbocycles. The molecule has 0 bridgehead atoms. The molecule has 2 heterocycles. The Kier molecular flexibility index (Phi) is 6.86. The fourth-order valence-corrected chi connectivity index (χ4v) is 5.87. The van der Waals surface area contributed by atoms with Crippen molar-refractivity contribution in [1.29, 1.82) is 0 Å². The van der Waals surface area contributed by atoms with E-state index in [1.54, 1.807) is 12.1 Å². The molecule has 0 spiro atoms. The van der Waals surface area contributed by atoms with Crippen molar-refractivity contribution in [3.8, 4) is 0 Å². The van der Waals surface area contributed by atoms with Crippen LogP contribution >= 0.6 is 0 Å². The first-order chi connectivity index (χ1) is 15.4. The van der Waals surface area contributed by atoms with E-state index in [1.807, 2.05) is 55.1 Å². The van der Waals surface area contributed by atoms with Crippen molar-refractivity contribution in [2.75, 3.05) is 24.1 Å². The van der Waals surface area contributed by atoms with Crippen LogP contribution in [0.4, 0.5) is 5.69 Å². The third-order valence-electron chi connectivity index (χ3n) is 6.06. The fraction of sp³-hybridized carbons (Fsp3) is 0.480. The van der Waals surface area contributed by atoms with Crippen LogP contribution in [0.2, 0.25) is 0 Å². The molecule has 0 atom stereocenters. The molecule has 1 fully saturated rings. The summed E-state index contributed by atoms with van der Waals surface area (Å²) in [5.74, 6) is 0.746. The molecule has 32 heavy (non-hydrogen) atoms. The first-order valence-corrected chi connectivity index (χ1v) is 13.0. The van der Waals surface area contributed by atoms with Gasteiger partial charge in [0.25, 0.3) is 10.0 Å². The van der Waals surface area contributed by atoms with Crippen molar-refractivity contribution in [1.82, 2.24) is 9.78 Å². The summed E-state index contributed by atoms with van der Waals surface area (Å²) in [6, 6.07) is 13.1. The maximum Gasteiger partial charge on any atom is 0.264 e. The summed E-state index contributed by atoms with van der Waals surface area (Å²) in [6.45, 7) is 9.03. The second-order valence-electron chi connectivity index (χ2n) is 9.08. The minimum absolute atomic E-state index is 0.196. The molecule has 1 aromatic heterocycles. The highest BCUT2D eigenvalue weighted by molar-refractivity contribution is 7.92. The van der Waals surface area contributed by atoms with E-state index in [1.165, 1.54) is 9.87 Å². The Bertz CT molecular complexity index is 1150. The molecule has 1 aliphatic heterocycles. The highest BCUT2D eigenvalue weighted by Crippen LogP contribution is 2.28. The molecular formula is C25H33N3O3S. The first-order valence-electron chi connectivity index (χ1n) is 11.5. The third kappa shape index (κ3) is 4.99. The SMILES string of the molecule is CCc1ccc(N(CC(C)C)S(=O)(=O)c2ccc3nn(CC4CCOCC4)cc3c2)cc1. The third-order valence-corrected chi connectivity index (χ3v) is 7.85. The minimum atomic E-state index is -3.70. The molecule has 3 aromatic rings. The number of hydrogen-bond donors (Lipinski definition) is 0. The summed E-state index contributed by atoms with van der Waals surface area (Å²) in [5, 5.41) is 5.52. The van der Waals surface area contributed by atoms with Crippen LogP contribution in [0.15, 0.2) is 53.6 Å². The van der Waals surface area contributed by atoms with Gasteiger partial charge in [-0.05, 0) is 67.0 Å². The molecule has 7 heteroatoms. The average Bonchev–Trinajstić information content (AvgIpc) is 3.19. The number of sulfonamides is 1. The topological polar surface area (TPSA) is 64.4 Å².